The topological polar surface area (TPSA) is 135 Å². The lowest BCUT2D eigenvalue weighted by Gasteiger charge is -2.18. The number of aliphatic hydroxyl groups is 1. The second-order valence-electron chi connectivity index (χ2n) is 3.87. The molecule has 0 radical (unpaired) electrons. The summed E-state index contributed by atoms with van der Waals surface area (Å²) in [5.74, 6) is -5.02. The van der Waals surface area contributed by atoms with E-state index in [4.69, 9.17) is 20.4 Å². The number of hydrogen-bond donors (Lipinski definition) is 4. The molecule has 8 heteroatoms. The van der Waals surface area contributed by atoms with Gasteiger partial charge in [-0.3, -0.25) is 9.59 Å². The van der Waals surface area contributed by atoms with Crippen LogP contribution < -0.4 is 0 Å². The summed E-state index contributed by atoms with van der Waals surface area (Å²) in [4.78, 5) is 32.6. The molecule has 0 fully saturated rings. The van der Waals surface area contributed by atoms with Gasteiger partial charge in [0.2, 0.25) is 0 Å². The van der Waals surface area contributed by atoms with E-state index in [1.165, 1.54) is 0 Å². The Balaban J connectivity index is 0. The van der Waals surface area contributed by atoms with Crippen LogP contribution in [0.5, 0.6) is 0 Å². The molecule has 0 aliphatic heterocycles. The lowest BCUT2D eigenvalue weighted by atomic mass is 9.96. The van der Waals surface area contributed by atoms with Crippen molar-refractivity contribution in [2.24, 2.45) is 0 Å². The first-order valence-electron chi connectivity index (χ1n) is 5.09. The zero-order valence-electron chi connectivity index (χ0n) is 10.6. The van der Waals surface area contributed by atoms with Crippen LogP contribution in [0, 0.1) is 0 Å². The van der Waals surface area contributed by atoms with Crippen LogP contribution in [0.25, 0.3) is 0 Å². The number of hydrogen-bond acceptors (Lipinski definition) is 5. The quantitative estimate of drug-likeness (QED) is 0.496. The zero-order chi connectivity index (χ0) is 14.9. The molecule has 0 atom stereocenters. The molecule has 8 nitrogen and oxygen atoms in total. The van der Waals surface area contributed by atoms with Crippen molar-refractivity contribution in [3.63, 3.8) is 0 Å². The molecule has 0 amide bonds. The molecule has 0 rings (SSSR count). The van der Waals surface area contributed by atoms with Crippen molar-refractivity contribution in [2.45, 2.75) is 25.4 Å². The first-order valence-corrected chi connectivity index (χ1v) is 5.09. The van der Waals surface area contributed by atoms with Crippen molar-refractivity contribution < 1.29 is 34.8 Å². The van der Waals surface area contributed by atoms with Gasteiger partial charge in [0.1, 0.15) is 0 Å². The highest BCUT2D eigenvalue weighted by Gasteiger charge is 2.40. The van der Waals surface area contributed by atoms with Crippen LogP contribution in [-0.2, 0) is 14.4 Å². The van der Waals surface area contributed by atoms with Gasteiger partial charge in [-0.1, -0.05) is 6.92 Å². The van der Waals surface area contributed by atoms with E-state index in [9.17, 15) is 14.4 Å². The molecule has 0 saturated carbocycles. The van der Waals surface area contributed by atoms with Crippen LogP contribution in [0.1, 0.15) is 19.8 Å². The van der Waals surface area contributed by atoms with Crippen LogP contribution in [0.2, 0.25) is 0 Å². The molecular formula is C10H19NO7. The van der Waals surface area contributed by atoms with Gasteiger partial charge in [0.15, 0.2) is 5.60 Å². The van der Waals surface area contributed by atoms with E-state index in [2.05, 4.69) is 25.9 Å². The van der Waals surface area contributed by atoms with Gasteiger partial charge < -0.3 is 25.3 Å². The van der Waals surface area contributed by atoms with Crippen LogP contribution in [-0.4, -0.2) is 69.5 Å². The molecule has 0 aliphatic rings. The minimum Gasteiger partial charge on any atom is -0.481 e. The lowest BCUT2D eigenvalue weighted by molar-refractivity contribution is -0.170. The van der Waals surface area contributed by atoms with Crippen LogP contribution >= 0.6 is 0 Å². The average molecular weight is 265 g/mol. The van der Waals surface area contributed by atoms with Gasteiger partial charge in [0, 0.05) is 0 Å². The van der Waals surface area contributed by atoms with Gasteiger partial charge >= 0.3 is 17.9 Å². The Morgan fingerprint density at radius 1 is 1.00 bits per heavy atom. The molecule has 0 saturated heterocycles. The summed E-state index contributed by atoms with van der Waals surface area (Å²) in [7, 11) is 4.11. The Bertz CT molecular complexity index is 285. The number of carboxylic acids is 3. The van der Waals surface area contributed by atoms with Crippen molar-refractivity contribution in [2.75, 3.05) is 20.6 Å². The van der Waals surface area contributed by atoms with Gasteiger partial charge in [-0.05, 0) is 20.6 Å². The van der Waals surface area contributed by atoms with Crippen LogP contribution in [0.4, 0.5) is 0 Å². The Morgan fingerprint density at radius 2 is 1.28 bits per heavy atom. The van der Waals surface area contributed by atoms with Crippen molar-refractivity contribution in [3.8, 4) is 0 Å². The largest absolute Gasteiger partial charge is 0.481 e. The van der Waals surface area contributed by atoms with Gasteiger partial charge in [0.05, 0.1) is 12.8 Å². The molecule has 0 aromatic carbocycles. The third kappa shape index (κ3) is 9.55. The predicted octanol–water partition coefficient (Wildman–Crippen LogP) is -0.681. The predicted molar refractivity (Wildman–Crippen MR) is 61.3 cm³/mol. The summed E-state index contributed by atoms with van der Waals surface area (Å²) in [5.41, 5.74) is -2.74. The summed E-state index contributed by atoms with van der Waals surface area (Å²) in [6, 6.07) is 0. The van der Waals surface area contributed by atoms with E-state index in [-0.39, 0.29) is 0 Å². The molecular weight excluding hydrogens is 246 g/mol. The molecule has 0 aromatic rings. The molecule has 0 spiro atoms. The SMILES string of the molecule is CCN(C)C.O=C(O)CC(O)(CC(=O)O)C(=O)O. The Hall–Kier alpha value is -1.67. The lowest BCUT2D eigenvalue weighted by Crippen LogP contribution is -2.42. The first kappa shape index (κ1) is 18.7. The summed E-state index contributed by atoms with van der Waals surface area (Å²) >= 11 is 0. The fourth-order valence-electron chi connectivity index (χ4n) is 0.714. The summed E-state index contributed by atoms with van der Waals surface area (Å²) in [6.07, 6.45) is -2.29. The minimum absolute atomic E-state index is 1.14. The highest BCUT2D eigenvalue weighted by atomic mass is 16.4. The number of rotatable bonds is 6. The number of aliphatic carboxylic acids is 3. The minimum atomic E-state index is -2.74. The Morgan fingerprint density at radius 3 is 1.39 bits per heavy atom. The maximum absolute atomic E-state index is 10.3. The number of carboxylic acid groups (broad SMARTS) is 3. The zero-order valence-corrected chi connectivity index (χ0v) is 10.6. The highest BCUT2D eigenvalue weighted by Crippen LogP contribution is 2.15. The van der Waals surface area contributed by atoms with Gasteiger partial charge in [0.25, 0.3) is 0 Å². The maximum atomic E-state index is 10.3. The molecule has 106 valence electrons. The second kappa shape index (κ2) is 8.43. The summed E-state index contributed by atoms with van der Waals surface area (Å²) in [5, 5.41) is 33.8. The van der Waals surface area contributed by atoms with Gasteiger partial charge in [-0.15, -0.1) is 0 Å². The van der Waals surface area contributed by atoms with E-state index in [0.717, 1.165) is 6.54 Å². The van der Waals surface area contributed by atoms with Crippen LogP contribution in [0.15, 0.2) is 0 Å². The molecule has 0 heterocycles. The molecule has 0 bridgehead atoms. The average Bonchev–Trinajstić information content (AvgIpc) is 2.15. The van der Waals surface area contributed by atoms with E-state index in [1.54, 1.807) is 0 Å². The van der Waals surface area contributed by atoms with Crippen molar-refractivity contribution in [1.29, 1.82) is 0 Å². The molecule has 0 unspecified atom stereocenters. The fraction of sp³-hybridized carbons (Fsp3) is 0.700. The third-order valence-electron chi connectivity index (χ3n) is 1.92. The molecule has 0 aromatic heterocycles. The maximum Gasteiger partial charge on any atom is 0.336 e. The number of carbonyl (C=O) groups is 3. The fourth-order valence-corrected chi connectivity index (χ4v) is 0.714. The molecule has 4 N–H and O–H groups in total. The van der Waals surface area contributed by atoms with Gasteiger partial charge in [-0.25, -0.2) is 4.79 Å². The smallest absolute Gasteiger partial charge is 0.336 e. The first-order chi connectivity index (χ1) is 8.05. The second-order valence-corrected chi connectivity index (χ2v) is 3.87. The van der Waals surface area contributed by atoms with Crippen LogP contribution in [0.3, 0.4) is 0 Å². The number of nitrogens with zero attached hydrogens (tertiary/aromatic N) is 1. The Labute approximate surface area is 104 Å². The van der Waals surface area contributed by atoms with Crippen molar-refractivity contribution in [3.05, 3.63) is 0 Å². The standard InChI is InChI=1S/C6H8O7.C4H11N/c7-3(8)1-6(13,5(11)12)2-4(9)10;1-4-5(2)3/h13H,1-2H2,(H,7,8)(H,9,10)(H,11,12);4H2,1-3H3. The van der Waals surface area contributed by atoms with E-state index < -0.39 is 36.4 Å². The van der Waals surface area contributed by atoms with E-state index >= 15 is 0 Å². The van der Waals surface area contributed by atoms with Crippen molar-refractivity contribution in [1.82, 2.24) is 4.90 Å². The third-order valence-corrected chi connectivity index (χ3v) is 1.92. The summed E-state index contributed by atoms with van der Waals surface area (Å²) < 4.78 is 0. The Kier molecular flexibility index (Phi) is 8.75. The normalized spacial score (nSPS) is 10.5. The van der Waals surface area contributed by atoms with E-state index in [1.807, 2.05) is 0 Å². The van der Waals surface area contributed by atoms with Crippen molar-refractivity contribution >= 4 is 17.9 Å². The van der Waals surface area contributed by atoms with Gasteiger partial charge in [-0.2, -0.15) is 0 Å². The summed E-state index contributed by atoms with van der Waals surface area (Å²) in [6.45, 7) is 3.26. The van der Waals surface area contributed by atoms with E-state index in [0.29, 0.717) is 0 Å². The monoisotopic (exact) mass is 265 g/mol. The molecule has 18 heavy (non-hydrogen) atoms. The highest BCUT2D eigenvalue weighted by molar-refractivity contribution is 5.88. The molecule has 0 aliphatic carbocycles.